The van der Waals surface area contributed by atoms with Crippen molar-refractivity contribution in [3.63, 3.8) is 0 Å². The Balaban J connectivity index is 2.19. The van der Waals surface area contributed by atoms with E-state index in [1.807, 2.05) is 63.2 Å². The summed E-state index contributed by atoms with van der Waals surface area (Å²) in [5.41, 5.74) is 10.6. The Morgan fingerprint density at radius 3 is 2.50 bits per heavy atom. The van der Waals surface area contributed by atoms with E-state index >= 15 is 0 Å². The van der Waals surface area contributed by atoms with E-state index in [-0.39, 0.29) is 11.9 Å². The van der Waals surface area contributed by atoms with Crippen LogP contribution < -0.4 is 11.1 Å². The second-order valence-electron chi connectivity index (χ2n) is 5.17. The number of nitrogens with one attached hydrogen (secondary N) is 1. The van der Waals surface area contributed by atoms with Crippen molar-refractivity contribution in [1.29, 1.82) is 0 Å². The zero-order valence-electron chi connectivity index (χ0n) is 12.1. The van der Waals surface area contributed by atoms with Gasteiger partial charge in [-0.15, -0.1) is 0 Å². The van der Waals surface area contributed by atoms with E-state index in [1.165, 1.54) is 5.56 Å². The molecule has 1 unspecified atom stereocenters. The summed E-state index contributed by atoms with van der Waals surface area (Å²) in [6.07, 6.45) is 0. The van der Waals surface area contributed by atoms with E-state index in [2.05, 4.69) is 5.32 Å². The molecule has 0 aliphatic carbocycles. The minimum atomic E-state index is -0.102. The zero-order chi connectivity index (χ0) is 14.7. The number of carbonyl (C=O) groups is 1. The Labute approximate surface area is 119 Å². The summed E-state index contributed by atoms with van der Waals surface area (Å²) in [4.78, 5) is 12.2. The van der Waals surface area contributed by atoms with Crippen LogP contribution in [0.25, 0.3) is 0 Å². The number of nitrogens with two attached hydrogens (primary N) is 1. The van der Waals surface area contributed by atoms with Gasteiger partial charge in [-0.3, -0.25) is 4.79 Å². The van der Waals surface area contributed by atoms with E-state index in [0.29, 0.717) is 5.56 Å². The van der Waals surface area contributed by atoms with Gasteiger partial charge in [0.2, 0.25) is 0 Å². The lowest BCUT2D eigenvalue weighted by molar-refractivity contribution is 0.102. The first-order valence-electron chi connectivity index (χ1n) is 6.71. The molecule has 0 fully saturated rings. The van der Waals surface area contributed by atoms with Gasteiger partial charge in [0.15, 0.2) is 0 Å². The van der Waals surface area contributed by atoms with Gasteiger partial charge < -0.3 is 11.1 Å². The lowest BCUT2D eigenvalue weighted by atomic mass is 10.1. The van der Waals surface area contributed by atoms with Crippen molar-refractivity contribution in [3.8, 4) is 0 Å². The van der Waals surface area contributed by atoms with Gasteiger partial charge >= 0.3 is 0 Å². The van der Waals surface area contributed by atoms with Crippen molar-refractivity contribution in [2.24, 2.45) is 5.73 Å². The summed E-state index contributed by atoms with van der Waals surface area (Å²) >= 11 is 0. The maximum absolute atomic E-state index is 12.2. The highest BCUT2D eigenvalue weighted by Crippen LogP contribution is 2.17. The molecule has 0 bridgehead atoms. The molecule has 0 radical (unpaired) electrons. The first-order valence-corrected chi connectivity index (χ1v) is 6.71. The van der Waals surface area contributed by atoms with Crippen LogP contribution in [0.5, 0.6) is 0 Å². The van der Waals surface area contributed by atoms with Crippen LogP contribution in [-0.2, 0) is 0 Å². The number of hydrogen-bond donors (Lipinski definition) is 2. The molecule has 0 aliphatic rings. The number of anilines is 1. The fourth-order valence-corrected chi connectivity index (χ4v) is 1.99. The fourth-order valence-electron chi connectivity index (χ4n) is 1.99. The molecule has 0 aromatic heterocycles. The van der Waals surface area contributed by atoms with Crippen LogP contribution in [0.2, 0.25) is 0 Å². The van der Waals surface area contributed by atoms with E-state index < -0.39 is 0 Å². The van der Waals surface area contributed by atoms with Crippen LogP contribution in [0.4, 0.5) is 5.69 Å². The maximum atomic E-state index is 12.2. The first-order chi connectivity index (χ1) is 9.47. The Kier molecular flexibility index (Phi) is 4.20. The Bertz CT molecular complexity index is 633. The van der Waals surface area contributed by atoms with Crippen molar-refractivity contribution in [2.45, 2.75) is 26.8 Å². The van der Waals surface area contributed by atoms with Crippen LogP contribution in [-0.4, -0.2) is 5.91 Å². The lowest BCUT2D eigenvalue weighted by Crippen LogP contribution is -2.13. The minimum absolute atomic E-state index is 0.0477. The van der Waals surface area contributed by atoms with Gasteiger partial charge in [-0.25, -0.2) is 0 Å². The Morgan fingerprint density at radius 2 is 1.85 bits per heavy atom. The van der Waals surface area contributed by atoms with Gasteiger partial charge in [0.25, 0.3) is 5.91 Å². The summed E-state index contributed by atoms with van der Waals surface area (Å²) in [6, 6.07) is 13.3. The third kappa shape index (κ3) is 3.25. The topological polar surface area (TPSA) is 55.1 Å². The van der Waals surface area contributed by atoms with Gasteiger partial charge in [-0.1, -0.05) is 18.2 Å². The molecule has 20 heavy (non-hydrogen) atoms. The van der Waals surface area contributed by atoms with Gasteiger partial charge in [-0.05, 0) is 61.7 Å². The second-order valence-corrected chi connectivity index (χ2v) is 5.17. The summed E-state index contributed by atoms with van der Waals surface area (Å²) in [5, 5.41) is 2.91. The maximum Gasteiger partial charge on any atom is 0.255 e. The van der Waals surface area contributed by atoms with Crippen molar-refractivity contribution < 1.29 is 4.79 Å². The highest BCUT2D eigenvalue weighted by molar-refractivity contribution is 6.04. The molecule has 3 N–H and O–H groups in total. The first kappa shape index (κ1) is 14.3. The van der Waals surface area contributed by atoms with Crippen LogP contribution in [0.15, 0.2) is 42.5 Å². The third-order valence-electron chi connectivity index (χ3n) is 3.44. The summed E-state index contributed by atoms with van der Waals surface area (Å²) in [6.45, 7) is 5.95. The fraction of sp³-hybridized carbons (Fsp3) is 0.235. The monoisotopic (exact) mass is 268 g/mol. The molecule has 0 saturated carbocycles. The molecular formula is C17H20N2O. The van der Waals surface area contributed by atoms with E-state index in [1.54, 1.807) is 0 Å². The summed E-state index contributed by atoms with van der Waals surface area (Å²) in [5.74, 6) is -0.102. The molecular weight excluding hydrogens is 248 g/mol. The average Bonchev–Trinajstić information content (AvgIpc) is 2.42. The van der Waals surface area contributed by atoms with Gasteiger partial charge in [-0.2, -0.15) is 0 Å². The molecule has 3 nitrogen and oxygen atoms in total. The molecule has 1 atom stereocenters. The summed E-state index contributed by atoms with van der Waals surface area (Å²) in [7, 11) is 0. The number of benzene rings is 2. The third-order valence-corrected chi connectivity index (χ3v) is 3.44. The molecule has 0 heterocycles. The molecule has 2 rings (SSSR count). The molecule has 0 saturated heterocycles. The molecule has 3 heteroatoms. The summed E-state index contributed by atoms with van der Waals surface area (Å²) < 4.78 is 0. The van der Waals surface area contributed by atoms with E-state index in [4.69, 9.17) is 5.73 Å². The Hall–Kier alpha value is -2.13. The molecule has 2 aromatic carbocycles. The van der Waals surface area contributed by atoms with Crippen LogP contribution in [0.1, 0.15) is 40.0 Å². The van der Waals surface area contributed by atoms with Crippen molar-refractivity contribution in [2.75, 3.05) is 5.32 Å². The molecule has 2 aromatic rings. The molecule has 104 valence electrons. The number of rotatable bonds is 3. The van der Waals surface area contributed by atoms with Crippen molar-refractivity contribution >= 4 is 11.6 Å². The van der Waals surface area contributed by atoms with Gasteiger partial charge in [0.1, 0.15) is 0 Å². The smallest absolute Gasteiger partial charge is 0.255 e. The minimum Gasteiger partial charge on any atom is -0.324 e. The number of hydrogen-bond acceptors (Lipinski definition) is 2. The largest absolute Gasteiger partial charge is 0.324 e. The van der Waals surface area contributed by atoms with Gasteiger partial charge in [0, 0.05) is 17.3 Å². The van der Waals surface area contributed by atoms with E-state index in [0.717, 1.165) is 16.8 Å². The van der Waals surface area contributed by atoms with Crippen LogP contribution in [0, 0.1) is 13.8 Å². The molecule has 0 aliphatic heterocycles. The number of carbonyl (C=O) groups excluding carboxylic acids is 1. The molecule has 1 amide bonds. The van der Waals surface area contributed by atoms with Crippen molar-refractivity contribution in [3.05, 3.63) is 64.7 Å². The number of amides is 1. The molecule has 0 spiro atoms. The van der Waals surface area contributed by atoms with Gasteiger partial charge in [0.05, 0.1) is 0 Å². The normalized spacial score (nSPS) is 12.0. The number of aryl methyl sites for hydroxylation is 2. The standard InChI is InChI=1S/C17H20N2O/c1-11-7-8-15(9-12(11)2)17(20)19-16-6-4-5-14(10-16)13(3)18/h4-10,13H,18H2,1-3H3,(H,19,20). The highest BCUT2D eigenvalue weighted by Gasteiger charge is 2.08. The highest BCUT2D eigenvalue weighted by atomic mass is 16.1. The second kappa shape index (κ2) is 5.88. The quantitative estimate of drug-likeness (QED) is 0.894. The SMILES string of the molecule is Cc1ccc(C(=O)Nc2cccc(C(C)N)c2)cc1C. The lowest BCUT2D eigenvalue weighted by Gasteiger charge is -2.10. The predicted octanol–water partition coefficient (Wildman–Crippen LogP) is 3.58. The Morgan fingerprint density at radius 1 is 1.10 bits per heavy atom. The predicted molar refractivity (Wildman–Crippen MR) is 82.9 cm³/mol. The van der Waals surface area contributed by atoms with Crippen molar-refractivity contribution in [1.82, 2.24) is 0 Å². The van der Waals surface area contributed by atoms with E-state index in [9.17, 15) is 4.79 Å². The average molecular weight is 268 g/mol. The zero-order valence-corrected chi connectivity index (χ0v) is 12.1. The van der Waals surface area contributed by atoms with Crippen LogP contribution in [0.3, 0.4) is 0 Å². The van der Waals surface area contributed by atoms with Crippen LogP contribution >= 0.6 is 0 Å².